The Kier molecular flexibility index (Phi) is 6.48. The van der Waals surface area contributed by atoms with E-state index < -0.39 is 10.2 Å². The van der Waals surface area contributed by atoms with E-state index in [-0.39, 0.29) is 5.41 Å². The fourth-order valence-electron chi connectivity index (χ4n) is 3.19. The average Bonchev–Trinajstić information content (AvgIpc) is 2.78. The largest absolute Gasteiger partial charge is 0.361 e. The fraction of sp³-hybridized carbons (Fsp3) is 0.318. The molecule has 0 atom stereocenters. The van der Waals surface area contributed by atoms with E-state index in [1.807, 2.05) is 6.92 Å². The van der Waals surface area contributed by atoms with Crippen molar-refractivity contribution in [1.29, 1.82) is 0 Å². The SMILES string of the molecule is Cc1ccc2cc(C(C)(C)C)c(-c3cc(C)cc(C)[o+]3)c-2cc1.[O-][Cl+3]([O-])([O-])[O-]. The molecule has 2 aliphatic carbocycles. The molecule has 1 heterocycles. The third-order valence-electron chi connectivity index (χ3n) is 4.30. The summed E-state index contributed by atoms with van der Waals surface area (Å²) >= 11 is 0. The predicted octanol–water partition coefficient (Wildman–Crippen LogP) is 1.80. The molecule has 0 saturated carbocycles. The summed E-state index contributed by atoms with van der Waals surface area (Å²) < 4.78 is 40.1. The predicted molar refractivity (Wildman–Crippen MR) is 98.1 cm³/mol. The van der Waals surface area contributed by atoms with Gasteiger partial charge in [-0.05, 0) is 47.6 Å². The van der Waals surface area contributed by atoms with Gasteiger partial charge in [0.05, 0.1) is 12.5 Å². The molecule has 28 heavy (non-hydrogen) atoms. The van der Waals surface area contributed by atoms with Gasteiger partial charge in [0.15, 0.2) is 0 Å². The lowest BCUT2D eigenvalue weighted by atomic mass is 9.85. The minimum Gasteiger partial charge on any atom is -0.222 e. The van der Waals surface area contributed by atoms with E-state index in [9.17, 15) is 0 Å². The van der Waals surface area contributed by atoms with Crippen LogP contribution in [0.4, 0.5) is 0 Å². The number of rotatable bonds is 1. The van der Waals surface area contributed by atoms with Gasteiger partial charge in [-0.25, -0.2) is 23.1 Å². The van der Waals surface area contributed by atoms with E-state index in [2.05, 4.69) is 77.1 Å². The second-order valence-corrected chi connectivity index (χ2v) is 8.71. The topological polar surface area (TPSA) is 104 Å². The Balaban J connectivity index is 0.000000500. The summed E-state index contributed by atoms with van der Waals surface area (Å²) in [5.74, 6) is 1.91. The fourth-order valence-corrected chi connectivity index (χ4v) is 3.19. The molecule has 0 radical (unpaired) electrons. The van der Waals surface area contributed by atoms with Crippen molar-refractivity contribution < 1.29 is 33.3 Å². The Labute approximate surface area is 168 Å². The molecule has 1 aromatic heterocycles. The monoisotopic (exact) mass is 404 g/mol. The summed E-state index contributed by atoms with van der Waals surface area (Å²) in [5, 5.41) is 0. The third kappa shape index (κ3) is 5.99. The van der Waals surface area contributed by atoms with Gasteiger partial charge in [0.1, 0.15) is 0 Å². The number of hydrogen-bond donors (Lipinski definition) is 0. The molecular weight excluding hydrogens is 380 g/mol. The highest BCUT2D eigenvalue weighted by atomic mass is 35.7. The van der Waals surface area contributed by atoms with Gasteiger partial charge < -0.3 is 0 Å². The Morgan fingerprint density at radius 1 is 0.786 bits per heavy atom. The molecule has 0 aliphatic heterocycles. The highest BCUT2D eigenvalue weighted by molar-refractivity contribution is 5.88. The van der Waals surface area contributed by atoms with Gasteiger partial charge in [-0.3, -0.25) is 0 Å². The highest BCUT2D eigenvalue weighted by Crippen LogP contribution is 2.44. The van der Waals surface area contributed by atoms with E-state index in [4.69, 9.17) is 23.1 Å². The first-order valence-corrected chi connectivity index (χ1v) is 10.1. The molecule has 0 saturated heterocycles. The second kappa shape index (κ2) is 8.15. The molecule has 0 unspecified atom stereocenters. The maximum absolute atomic E-state index is 8.49. The molecule has 0 aromatic carbocycles. The average molecular weight is 405 g/mol. The Hall–Kier alpha value is -2.02. The zero-order chi connectivity index (χ0) is 21.3. The van der Waals surface area contributed by atoms with Gasteiger partial charge >= 0.3 is 11.5 Å². The molecule has 0 bridgehead atoms. The lowest BCUT2D eigenvalue weighted by Crippen LogP contribution is -2.68. The summed E-state index contributed by atoms with van der Waals surface area (Å²) in [6.07, 6.45) is 0. The summed E-state index contributed by atoms with van der Waals surface area (Å²) in [4.78, 5) is 0. The smallest absolute Gasteiger partial charge is 0.222 e. The van der Waals surface area contributed by atoms with Crippen LogP contribution in [0.15, 0.2) is 46.9 Å². The standard InChI is InChI=1S/C22H25O.ClHO4/c1-14-7-9-17-13-19(22(4,5)6)21(18(17)10-8-14)20-12-15(2)11-16(3)23-20;2-1(3,4)5/h7-13H,1-6H3;(H,2,3,4,5)/q+1;/p-1. The van der Waals surface area contributed by atoms with Gasteiger partial charge in [0.25, 0.3) is 0 Å². The quantitative estimate of drug-likeness (QED) is 0.575. The molecule has 0 spiro atoms. The van der Waals surface area contributed by atoms with Gasteiger partial charge in [0, 0.05) is 12.1 Å². The van der Waals surface area contributed by atoms with E-state index >= 15 is 0 Å². The van der Waals surface area contributed by atoms with Crippen LogP contribution in [0.25, 0.3) is 22.5 Å². The summed E-state index contributed by atoms with van der Waals surface area (Å²) in [6, 6.07) is 15.3. The summed E-state index contributed by atoms with van der Waals surface area (Å²) in [7, 11) is -4.94. The molecule has 0 N–H and O–H groups in total. The molecule has 5 nitrogen and oxygen atoms in total. The maximum Gasteiger partial charge on any atom is 0.361 e. The number of halogens is 1. The van der Waals surface area contributed by atoms with Crippen LogP contribution in [0.3, 0.4) is 0 Å². The van der Waals surface area contributed by atoms with Crippen molar-refractivity contribution in [3.63, 3.8) is 0 Å². The number of hydrogen-bond acceptors (Lipinski definition) is 4. The van der Waals surface area contributed by atoms with Crippen molar-refractivity contribution in [2.75, 3.05) is 0 Å². The first-order chi connectivity index (χ1) is 12.8. The summed E-state index contributed by atoms with van der Waals surface area (Å²) in [5.41, 5.74) is 7.66. The molecule has 3 rings (SSSR count). The van der Waals surface area contributed by atoms with Gasteiger partial charge in [0.2, 0.25) is 0 Å². The molecule has 2 aliphatic rings. The minimum absolute atomic E-state index is 0.0646. The normalized spacial score (nSPS) is 11.9. The minimum atomic E-state index is -4.94. The van der Waals surface area contributed by atoms with Gasteiger partial charge in [-0.2, -0.15) is 0 Å². The van der Waals surface area contributed by atoms with Crippen LogP contribution >= 0.6 is 0 Å². The lowest BCUT2D eigenvalue weighted by Gasteiger charge is -2.18. The Bertz CT molecular complexity index is 912. The number of aryl methyl sites for hydroxylation is 3. The second-order valence-electron chi connectivity index (χ2n) is 7.95. The van der Waals surface area contributed by atoms with Crippen LogP contribution in [0.2, 0.25) is 0 Å². The first-order valence-electron chi connectivity index (χ1n) is 8.83. The molecule has 0 amide bonds. The van der Waals surface area contributed by atoms with Crippen LogP contribution < -0.4 is 18.6 Å². The lowest BCUT2D eigenvalue weighted by molar-refractivity contribution is -2.00. The molecule has 150 valence electrons. The first kappa shape index (κ1) is 22.3. The third-order valence-corrected chi connectivity index (χ3v) is 4.30. The zero-order valence-corrected chi connectivity index (χ0v) is 17.7. The van der Waals surface area contributed by atoms with E-state index in [1.54, 1.807) is 0 Å². The van der Waals surface area contributed by atoms with Crippen LogP contribution in [0.1, 0.15) is 43.2 Å². The number of fused-ring (bicyclic) bond motifs is 1. The molecule has 0 fully saturated rings. The van der Waals surface area contributed by atoms with Gasteiger partial charge in [-0.1, -0.05) is 50.6 Å². The van der Waals surface area contributed by atoms with Crippen LogP contribution in [-0.4, -0.2) is 0 Å². The van der Waals surface area contributed by atoms with Crippen molar-refractivity contribution >= 4 is 0 Å². The maximum atomic E-state index is 8.49. The zero-order valence-electron chi connectivity index (χ0n) is 17.0. The van der Waals surface area contributed by atoms with Crippen molar-refractivity contribution in [2.24, 2.45) is 0 Å². The van der Waals surface area contributed by atoms with Crippen molar-refractivity contribution in [3.8, 4) is 22.5 Å². The summed E-state index contributed by atoms with van der Waals surface area (Å²) in [6.45, 7) is 13.1. The highest BCUT2D eigenvalue weighted by Gasteiger charge is 2.30. The van der Waals surface area contributed by atoms with E-state index in [1.165, 1.54) is 33.4 Å². The Morgan fingerprint density at radius 3 is 1.89 bits per heavy atom. The van der Waals surface area contributed by atoms with Crippen molar-refractivity contribution in [1.82, 2.24) is 0 Å². The molecule has 1 aromatic rings. The van der Waals surface area contributed by atoms with E-state index in [0.717, 1.165) is 11.5 Å². The van der Waals surface area contributed by atoms with Crippen LogP contribution in [0, 0.1) is 31.0 Å². The van der Waals surface area contributed by atoms with E-state index in [0.29, 0.717) is 0 Å². The van der Waals surface area contributed by atoms with Crippen molar-refractivity contribution in [2.45, 2.75) is 47.0 Å². The van der Waals surface area contributed by atoms with Crippen molar-refractivity contribution in [3.05, 3.63) is 64.9 Å². The molecular formula is C22H25ClO5. The van der Waals surface area contributed by atoms with Crippen LogP contribution in [-0.2, 0) is 5.41 Å². The van der Waals surface area contributed by atoms with Gasteiger partial charge in [-0.15, -0.1) is 10.2 Å². The Morgan fingerprint density at radius 2 is 1.36 bits per heavy atom. The van der Waals surface area contributed by atoms with Crippen LogP contribution in [0.5, 0.6) is 0 Å². The molecule has 6 heteroatoms.